The van der Waals surface area contributed by atoms with Crippen LogP contribution in [0.25, 0.3) is 16.8 Å². The second-order valence-corrected chi connectivity index (χ2v) is 10.6. The molecule has 2 aromatic carbocycles. The fraction of sp³-hybridized carbons (Fsp3) is 0.286. The fourth-order valence-corrected chi connectivity index (χ4v) is 4.66. The van der Waals surface area contributed by atoms with E-state index in [1.165, 1.54) is 0 Å². The molecule has 1 aliphatic rings. The highest BCUT2D eigenvalue weighted by Gasteiger charge is 2.28. The standard InChI is InChI=1S/C28H29ClN6O3/c1-28(2,3)38-27(37)31-20-11-13-34(17-20)24-10-5-4-9-22(24)33-26(36)23-12-14-35-25(32-23)21(16-30-35)18-7-6-8-19(29)15-18/h4-10,12,14-16,20H,11,13,17H2,1-3H3,(H,31,37)(H,33,36)/t20-/m1/s1. The molecule has 1 aliphatic heterocycles. The number of carbonyl (C=O) groups is 2. The molecule has 0 radical (unpaired) electrons. The molecule has 1 atom stereocenters. The van der Waals surface area contributed by atoms with Gasteiger partial charge in [0.15, 0.2) is 5.65 Å². The van der Waals surface area contributed by atoms with E-state index in [0.29, 0.717) is 22.9 Å². The van der Waals surface area contributed by atoms with Gasteiger partial charge in [0.1, 0.15) is 11.3 Å². The van der Waals surface area contributed by atoms with Gasteiger partial charge in [-0.15, -0.1) is 0 Å². The van der Waals surface area contributed by atoms with Crippen LogP contribution < -0.4 is 15.5 Å². The van der Waals surface area contributed by atoms with E-state index < -0.39 is 11.7 Å². The minimum Gasteiger partial charge on any atom is -0.444 e. The van der Waals surface area contributed by atoms with Crippen molar-refractivity contribution in [1.82, 2.24) is 19.9 Å². The Balaban J connectivity index is 1.32. The van der Waals surface area contributed by atoms with E-state index in [-0.39, 0.29) is 17.6 Å². The van der Waals surface area contributed by atoms with Gasteiger partial charge in [-0.25, -0.2) is 14.3 Å². The number of carbonyl (C=O) groups excluding carboxylic acids is 2. The summed E-state index contributed by atoms with van der Waals surface area (Å²) in [6.07, 6.45) is 3.77. The summed E-state index contributed by atoms with van der Waals surface area (Å²) in [5, 5.41) is 10.9. The van der Waals surface area contributed by atoms with Crippen LogP contribution in [0.2, 0.25) is 5.02 Å². The zero-order valence-corrected chi connectivity index (χ0v) is 22.2. The zero-order valence-electron chi connectivity index (χ0n) is 21.4. The van der Waals surface area contributed by atoms with Gasteiger partial charge in [0.2, 0.25) is 0 Å². The van der Waals surface area contributed by atoms with E-state index >= 15 is 0 Å². The SMILES string of the molecule is CC(C)(C)OC(=O)N[C@@H]1CCN(c2ccccc2NC(=O)c2ccn3ncc(-c4cccc(Cl)c4)c3n2)C1. The minimum atomic E-state index is -0.553. The van der Waals surface area contributed by atoms with Crippen LogP contribution in [0, 0.1) is 0 Å². The molecule has 1 fully saturated rings. The summed E-state index contributed by atoms with van der Waals surface area (Å²) in [6, 6.07) is 16.6. The van der Waals surface area contributed by atoms with Gasteiger partial charge >= 0.3 is 6.09 Å². The highest BCUT2D eigenvalue weighted by molar-refractivity contribution is 6.30. The second-order valence-electron chi connectivity index (χ2n) is 10.2. The summed E-state index contributed by atoms with van der Waals surface area (Å²) in [5.74, 6) is -0.333. The van der Waals surface area contributed by atoms with Gasteiger partial charge in [-0.2, -0.15) is 5.10 Å². The summed E-state index contributed by atoms with van der Waals surface area (Å²) in [7, 11) is 0. The van der Waals surface area contributed by atoms with Crippen LogP contribution in [-0.2, 0) is 4.74 Å². The Morgan fingerprint density at radius 3 is 2.71 bits per heavy atom. The molecule has 196 valence electrons. The van der Waals surface area contributed by atoms with Crippen LogP contribution in [0.4, 0.5) is 16.2 Å². The first-order valence-corrected chi connectivity index (χ1v) is 12.8. The number of benzene rings is 2. The molecule has 2 aromatic heterocycles. The number of anilines is 2. The van der Waals surface area contributed by atoms with Crippen molar-refractivity contribution in [2.75, 3.05) is 23.3 Å². The molecule has 0 bridgehead atoms. The normalized spacial score (nSPS) is 15.5. The Hall–Kier alpha value is -4.11. The summed E-state index contributed by atoms with van der Waals surface area (Å²) in [6.45, 7) is 6.85. The first-order chi connectivity index (χ1) is 18.2. The summed E-state index contributed by atoms with van der Waals surface area (Å²) in [4.78, 5) is 32.2. The second kappa shape index (κ2) is 10.3. The largest absolute Gasteiger partial charge is 0.444 e. The number of rotatable bonds is 5. The number of aromatic nitrogens is 3. The number of amides is 2. The van der Waals surface area contributed by atoms with Crippen molar-refractivity contribution in [2.24, 2.45) is 0 Å². The number of nitrogens with zero attached hydrogens (tertiary/aromatic N) is 4. The zero-order chi connectivity index (χ0) is 26.9. The lowest BCUT2D eigenvalue weighted by Gasteiger charge is -2.23. The average Bonchev–Trinajstić information content (AvgIpc) is 3.50. The third-order valence-electron chi connectivity index (χ3n) is 6.14. The van der Waals surface area contributed by atoms with E-state index in [0.717, 1.165) is 29.8 Å². The van der Waals surface area contributed by atoms with Crippen molar-refractivity contribution in [1.29, 1.82) is 0 Å². The third-order valence-corrected chi connectivity index (χ3v) is 6.37. The van der Waals surface area contributed by atoms with Gasteiger partial charge in [0.25, 0.3) is 5.91 Å². The van der Waals surface area contributed by atoms with Crippen LogP contribution in [0.3, 0.4) is 0 Å². The van der Waals surface area contributed by atoms with Crippen LogP contribution in [0.1, 0.15) is 37.7 Å². The average molecular weight is 533 g/mol. The Labute approximate surface area is 225 Å². The number of fused-ring (bicyclic) bond motifs is 1. The Kier molecular flexibility index (Phi) is 6.94. The predicted octanol–water partition coefficient (Wildman–Crippen LogP) is 5.41. The number of nitrogens with one attached hydrogen (secondary N) is 2. The molecule has 0 aliphatic carbocycles. The van der Waals surface area contributed by atoms with Crippen molar-refractivity contribution < 1.29 is 14.3 Å². The van der Waals surface area contributed by atoms with Gasteiger partial charge in [0, 0.05) is 29.9 Å². The molecule has 0 spiro atoms. The van der Waals surface area contributed by atoms with Gasteiger partial charge < -0.3 is 20.3 Å². The van der Waals surface area contributed by atoms with E-state index in [2.05, 4.69) is 25.6 Å². The van der Waals surface area contributed by atoms with E-state index in [1.807, 2.05) is 63.2 Å². The molecule has 0 saturated carbocycles. The lowest BCUT2D eigenvalue weighted by molar-refractivity contribution is 0.0509. The minimum absolute atomic E-state index is 0.0514. The van der Waals surface area contributed by atoms with Crippen LogP contribution in [0.5, 0.6) is 0 Å². The highest BCUT2D eigenvalue weighted by atomic mass is 35.5. The predicted molar refractivity (Wildman–Crippen MR) is 148 cm³/mol. The van der Waals surface area contributed by atoms with Crippen LogP contribution in [-0.4, -0.2) is 51.3 Å². The Bertz CT molecular complexity index is 1500. The van der Waals surface area contributed by atoms with Crippen LogP contribution >= 0.6 is 11.6 Å². The maximum absolute atomic E-state index is 13.3. The molecule has 3 heterocycles. The monoisotopic (exact) mass is 532 g/mol. The first-order valence-electron chi connectivity index (χ1n) is 12.4. The van der Waals surface area contributed by atoms with Crippen molar-refractivity contribution in [3.05, 3.63) is 77.7 Å². The molecule has 10 heteroatoms. The fourth-order valence-electron chi connectivity index (χ4n) is 4.47. The molecule has 9 nitrogen and oxygen atoms in total. The number of alkyl carbamates (subject to hydrolysis) is 1. The Morgan fingerprint density at radius 2 is 1.92 bits per heavy atom. The number of ether oxygens (including phenoxy) is 1. The molecule has 5 rings (SSSR count). The Morgan fingerprint density at radius 1 is 1.11 bits per heavy atom. The van der Waals surface area contributed by atoms with Gasteiger partial charge in [-0.05, 0) is 63.1 Å². The van der Waals surface area contributed by atoms with Crippen molar-refractivity contribution in [3.8, 4) is 11.1 Å². The molecule has 38 heavy (non-hydrogen) atoms. The molecular formula is C28H29ClN6O3. The topological polar surface area (TPSA) is 101 Å². The number of halogens is 1. The smallest absolute Gasteiger partial charge is 0.407 e. The summed E-state index contributed by atoms with van der Waals surface area (Å²) in [5.41, 5.74) is 3.46. The lowest BCUT2D eigenvalue weighted by Crippen LogP contribution is -2.40. The molecule has 4 aromatic rings. The van der Waals surface area contributed by atoms with E-state index in [4.69, 9.17) is 16.3 Å². The quantitative estimate of drug-likeness (QED) is 0.356. The molecule has 2 amide bonds. The molecule has 0 unspecified atom stereocenters. The first kappa shape index (κ1) is 25.5. The lowest BCUT2D eigenvalue weighted by atomic mass is 10.1. The number of hydrogen-bond acceptors (Lipinski definition) is 6. The third kappa shape index (κ3) is 5.73. The molecule has 1 saturated heterocycles. The van der Waals surface area contributed by atoms with E-state index in [9.17, 15) is 9.59 Å². The van der Waals surface area contributed by atoms with Crippen molar-refractivity contribution in [3.63, 3.8) is 0 Å². The van der Waals surface area contributed by atoms with E-state index in [1.54, 1.807) is 29.0 Å². The molecular weight excluding hydrogens is 504 g/mol. The van der Waals surface area contributed by atoms with Crippen molar-refractivity contribution >= 4 is 40.6 Å². The van der Waals surface area contributed by atoms with Gasteiger partial charge in [0.05, 0.1) is 23.6 Å². The maximum atomic E-state index is 13.3. The van der Waals surface area contributed by atoms with Crippen molar-refractivity contribution in [2.45, 2.75) is 38.8 Å². The maximum Gasteiger partial charge on any atom is 0.407 e. The number of para-hydroxylation sites is 2. The highest BCUT2D eigenvalue weighted by Crippen LogP contribution is 2.30. The van der Waals surface area contributed by atoms with Crippen LogP contribution in [0.15, 0.2) is 67.0 Å². The van der Waals surface area contributed by atoms with Gasteiger partial charge in [-0.3, -0.25) is 4.79 Å². The van der Waals surface area contributed by atoms with Gasteiger partial charge in [-0.1, -0.05) is 35.9 Å². The number of hydrogen-bond donors (Lipinski definition) is 2. The molecule has 2 N–H and O–H groups in total. The summed E-state index contributed by atoms with van der Waals surface area (Å²) < 4.78 is 7.02. The summed E-state index contributed by atoms with van der Waals surface area (Å²) >= 11 is 6.17.